The number of carbonyl (C=O) groups is 2. The van der Waals surface area contributed by atoms with E-state index in [1.807, 2.05) is 13.0 Å². The van der Waals surface area contributed by atoms with Crippen molar-refractivity contribution >= 4 is 11.6 Å². The van der Waals surface area contributed by atoms with Crippen molar-refractivity contribution in [2.24, 2.45) is 5.92 Å². The molecule has 86 valence electrons. The minimum Gasteiger partial charge on any atom is -0.293 e. The first kappa shape index (κ1) is 11.5. The summed E-state index contributed by atoms with van der Waals surface area (Å²) in [5.41, 5.74) is 1.64. The molecular weight excluding hydrogens is 212 g/mol. The van der Waals surface area contributed by atoms with E-state index in [9.17, 15) is 9.59 Å². The number of hydrogen-bond acceptors (Lipinski definition) is 2. The average molecular weight is 226 g/mol. The first-order valence-electron chi connectivity index (χ1n) is 5.67. The molecule has 1 aromatic carbocycles. The van der Waals surface area contributed by atoms with Crippen LogP contribution in [0.5, 0.6) is 0 Å². The number of benzene rings is 1. The summed E-state index contributed by atoms with van der Waals surface area (Å²) in [5.74, 6) is -0.365. The molecule has 1 aromatic rings. The quantitative estimate of drug-likeness (QED) is 0.689. The summed E-state index contributed by atoms with van der Waals surface area (Å²) in [6.07, 6.45) is 5.38. The predicted molar refractivity (Wildman–Crippen MR) is 67.2 cm³/mol. The number of allylic oxidation sites excluding steroid dienone is 4. The third-order valence-corrected chi connectivity index (χ3v) is 3.03. The van der Waals surface area contributed by atoms with Crippen LogP contribution in [0.2, 0.25) is 0 Å². The van der Waals surface area contributed by atoms with Crippen LogP contribution in [0, 0.1) is 5.92 Å². The first-order valence-corrected chi connectivity index (χ1v) is 5.67. The average Bonchev–Trinajstić information content (AvgIpc) is 2.36. The predicted octanol–water partition coefficient (Wildman–Crippen LogP) is 3.20. The van der Waals surface area contributed by atoms with Crippen LogP contribution in [0.1, 0.15) is 34.6 Å². The second kappa shape index (κ2) is 4.50. The minimum atomic E-state index is -0.353. The molecule has 1 unspecified atom stereocenters. The Balaban J connectivity index is 2.58. The minimum absolute atomic E-state index is 0.0240. The van der Waals surface area contributed by atoms with E-state index in [0.717, 1.165) is 0 Å². The summed E-state index contributed by atoms with van der Waals surface area (Å²) in [7, 11) is 0. The summed E-state index contributed by atoms with van der Waals surface area (Å²) in [4.78, 5) is 24.3. The van der Waals surface area contributed by atoms with Gasteiger partial charge < -0.3 is 0 Å². The number of rotatable bonds is 1. The van der Waals surface area contributed by atoms with Gasteiger partial charge in [0.25, 0.3) is 0 Å². The van der Waals surface area contributed by atoms with Crippen LogP contribution in [-0.2, 0) is 0 Å². The second-order valence-electron chi connectivity index (χ2n) is 4.11. The molecule has 1 atom stereocenters. The van der Waals surface area contributed by atoms with Crippen LogP contribution in [0.4, 0.5) is 0 Å². The van der Waals surface area contributed by atoms with Gasteiger partial charge >= 0.3 is 0 Å². The van der Waals surface area contributed by atoms with Crippen LogP contribution in [0.3, 0.4) is 0 Å². The molecule has 0 spiro atoms. The molecule has 0 bridgehead atoms. The van der Waals surface area contributed by atoms with Crippen LogP contribution in [0.15, 0.2) is 48.1 Å². The normalized spacial score (nSPS) is 22.2. The molecule has 0 aliphatic heterocycles. The van der Waals surface area contributed by atoms with Gasteiger partial charge in [0.05, 0.1) is 0 Å². The highest BCUT2D eigenvalue weighted by molar-refractivity contribution is 6.23. The van der Waals surface area contributed by atoms with E-state index in [4.69, 9.17) is 0 Å². The molecule has 0 amide bonds. The van der Waals surface area contributed by atoms with Gasteiger partial charge in [0.15, 0.2) is 11.6 Å². The fraction of sp³-hybridized carbons (Fsp3) is 0.200. The fourth-order valence-electron chi connectivity index (χ4n) is 2.04. The monoisotopic (exact) mass is 226 g/mol. The Hall–Kier alpha value is -1.96. The van der Waals surface area contributed by atoms with Gasteiger partial charge in [-0.3, -0.25) is 9.59 Å². The first-order chi connectivity index (χ1) is 8.16. The van der Waals surface area contributed by atoms with E-state index < -0.39 is 0 Å². The second-order valence-corrected chi connectivity index (χ2v) is 4.11. The third kappa shape index (κ3) is 1.86. The maximum Gasteiger partial charge on any atom is 0.190 e. The number of fused-ring (bicyclic) bond motifs is 1. The van der Waals surface area contributed by atoms with Gasteiger partial charge in [-0.15, -0.1) is 0 Å². The largest absolute Gasteiger partial charge is 0.293 e. The third-order valence-electron chi connectivity index (χ3n) is 3.03. The van der Waals surface area contributed by atoms with Crippen LogP contribution in [0.25, 0.3) is 0 Å². The number of Topliss-reactive ketones (excluding diaryl/α,β-unsaturated/α-hetero) is 2. The van der Waals surface area contributed by atoms with Gasteiger partial charge in [0.2, 0.25) is 0 Å². The van der Waals surface area contributed by atoms with Crippen LogP contribution >= 0.6 is 0 Å². The lowest BCUT2D eigenvalue weighted by atomic mass is 9.79. The highest BCUT2D eigenvalue weighted by atomic mass is 16.1. The van der Waals surface area contributed by atoms with Crippen molar-refractivity contribution in [2.45, 2.75) is 13.8 Å². The zero-order valence-electron chi connectivity index (χ0n) is 9.94. The molecule has 0 N–H and O–H groups in total. The molecule has 17 heavy (non-hydrogen) atoms. The zero-order valence-corrected chi connectivity index (χ0v) is 9.94. The van der Waals surface area contributed by atoms with Gasteiger partial charge in [0.1, 0.15) is 0 Å². The Morgan fingerprint density at radius 3 is 2.41 bits per heavy atom. The van der Waals surface area contributed by atoms with E-state index in [-0.39, 0.29) is 17.5 Å². The fourth-order valence-corrected chi connectivity index (χ4v) is 2.04. The molecule has 1 aliphatic carbocycles. The number of ketones is 2. The van der Waals surface area contributed by atoms with Crippen molar-refractivity contribution in [3.05, 3.63) is 59.2 Å². The zero-order chi connectivity index (χ0) is 12.4. The van der Waals surface area contributed by atoms with Crippen molar-refractivity contribution < 1.29 is 9.59 Å². The Morgan fingerprint density at radius 1 is 1.12 bits per heavy atom. The van der Waals surface area contributed by atoms with Crippen molar-refractivity contribution in [1.82, 2.24) is 0 Å². The van der Waals surface area contributed by atoms with E-state index in [1.54, 1.807) is 43.3 Å². The molecule has 2 heteroatoms. The highest BCUT2D eigenvalue weighted by Gasteiger charge is 2.33. The standard InChI is InChI=1S/C15H14O2/c1-3-4-7-11-10(2)14(16)12-8-5-6-9-13(12)15(11)17/h3-10H,1-2H3/b4-3-,11-7+. The van der Waals surface area contributed by atoms with E-state index >= 15 is 0 Å². The number of carbonyl (C=O) groups excluding carboxylic acids is 2. The molecule has 2 rings (SSSR count). The molecule has 0 saturated carbocycles. The lowest BCUT2D eigenvalue weighted by Gasteiger charge is -2.21. The molecule has 0 radical (unpaired) electrons. The topological polar surface area (TPSA) is 34.1 Å². The SMILES string of the molecule is C/C=C\C=C1\C(=O)c2ccccc2C(=O)C1C. The van der Waals surface area contributed by atoms with Crippen molar-refractivity contribution in [2.75, 3.05) is 0 Å². The van der Waals surface area contributed by atoms with Gasteiger partial charge in [-0.25, -0.2) is 0 Å². The van der Waals surface area contributed by atoms with Crippen molar-refractivity contribution in [3.8, 4) is 0 Å². The van der Waals surface area contributed by atoms with Crippen LogP contribution < -0.4 is 0 Å². The van der Waals surface area contributed by atoms with Gasteiger partial charge in [0, 0.05) is 22.6 Å². The molecular formula is C15H14O2. The molecule has 0 heterocycles. The smallest absolute Gasteiger partial charge is 0.190 e. The summed E-state index contributed by atoms with van der Waals surface area (Å²) in [6.45, 7) is 3.66. The molecule has 0 fully saturated rings. The van der Waals surface area contributed by atoms with E-state index in [0.29, 0.717) is 16.7 Å². The van der Waals surface area contributed by atoms with E-state index in [1.165, 1.54) is 0 Å². The highest BCUT2D eigenvalue weighted by Crippen LogP contribution is 2.29. The summed E-state index contributed by atoms with van der Waals surface area (Å²) < 4.78 is 0. The Kier molecular flexibility index (Phi) is 3.05. The van der Waals surface area contributed by atoms with E-state index in [2.05, 4.69) is 0 Å². The van der Waals surface area contributed by atoms with Gasteiger partial charge in [-0.05, 0) is 6.92 Å². The van der Waals surface area contributed by atoms with Crippen molar-refractivity contribution in [1.29, 1.82) is 0 Å². The maximum absolute atomic E-state index is 12.2. The summed E-state index contributed by atoms with van der Waals surface area (Å²) >= 11 is 0. The molecule has 1 aliphatic rings. The van der Waals surface area contributed by atoms with Gasteiger partial charge in [-0.1, -0.05) is 49.4 Å². The lowest BCUT2D eigenvalue weighted by molar-refractivity contribution is 0.0891. The molecule has 2 nitrogen and oxygen atoms in total. The Labute approximate surface area is 101 Å². The van der Waals surface area contributed by atoms with Crippen LogP contribution in [-0.4, -0.2) is 11.6 Å². The maximum atomic E-state index is 12.2. The van der Waals surface area contributed by atoms with Crippen molar-refractivity contribution in [3.63, 3.8) is 0 Å². The number of hydrogen-bond donors (Lipinski definition) is 0. The summed E-state index contributed by atoms with van der Waals surface area (Å²) in [6, 6.07) is 7.01. The molecule has 0 saturated heterocycles. The van der Waals surface area contributed by atoms with Gasteiger partial charge in [-0.2, -0.15) is 0 Å². The lowest BCUT2D eigenvalue weighted by Crippen LogP contribution is -2.27. The Bertz CT molecular complexity index is 536. The Morgan fingerprint density at radius 2 is 1.76 bits per heavy atom. The summed E-state index contributed by atoms with van der Waals surface area (Å²) in [5, 5.41) is 0. The molecule has 0 aromatic heterocycles.